The standard InChI is InChI=1S/C24H32FNO4S.K.H/c1-14(2)19-11-18(25)12-20(15(3)4)21(19)13-23(27)26-31(29,30)22-9-8-17(10-16(22)5)24(6,7)28;;/h8-12,14-15,28H,13H2,1-7H3,(H,26,27);;/q;+1;-1. The average Bonchev–Trinajstić information content (AvgIpc) is 2.60. The summed E-state index contributed by atoms with van der Waals surface area (Å²) in [7, 11) is -4.10. The zero-order chi connectivity index (χ0) is 23.7. The first-order valence-electron chi connectivity index (χ1n) is 10.3. The third-order valence-electron chi connectivity index (χ3n) is 5.28. The molecule has 2 rings (SSSR count). The molecule has 0 saturated carbocycles. The van der Waals surface area contributed by atoms with Crippen LogP contribution in [0.25, 0.3) is 0 Å². The first kappa shape index (κ1) is 29.4. The number of hydrogen-bond donors (Lipinski definition) is 2. The van der Waals surface area contributed by atoms with E-state index in [0.29, 0.717) is 27.8 Å². The van der Waals surface area contributed by atoms with Crippen molar-refractivity contribution in [3.8, 4) is 0 Å². The number of nitrogens with one attached hydrogen (secondary N) is 1. The van der Waals surface area contributed by atoms with Crippen molar-refractivity contribution >= 4 is 15.9 Å². The number of sulfonamides is 1. The van der Waals surface area contributed by atoms with Gasteiger partial charge in [-0.05, 0) is 78.6 Å². The molecule has 2 N–H and O–H groups in total. The monoisotopic (exact) mass is 489 g/mol. The predicted octanol–water partition coefficient (Wildman–Crippen LogP) is 1.77. The van der Waals surface area contributed by atoms with Crippen LogP contribution in [0.3, 0.4) is 0 Å². The molecule has 2 aromatic carbocycles. The number of hydrogen-bond acceptors (Lipinski definition) is 4. The number of amides is 1. The summed E-state index contributed by atoms with van der Waals surface area (Å²) in [5, 5.41) is 10.1. The fourth-order valence-electron chi connectivity index (χ4n) is 3.65. The molecule has 1 amide bonds. The number of benzene rings is 2. The minimum atomic E-state index is -4.10. The molecule has 0 aliphatic carbocycles. The van der Waals surface area contributed by atoms with Gasteiger partial charge in [-0.25, -0.2) is 17.5 Å². The second kappa shape index (κ2) is 11.2. The number of carbonyl (C=O) groups excluding carboxylic acids is 1. The Kier molecular flexibility index (Phi) is 10.3. The summed E-state index contributed by atoms with van der Waals surface area (Å²) >= 11 is 0. The van der Waals surface area contributed by atoms with Crippen molar-refractivity contribution in [2.75, 3.05) is 0 Å². The Bertz CT molecular complexity index is 1070. The SMILES string of the molecule is Cc1cc(C(C)(C)O)ccc1S(=O)(=O)NC(=O)Cc1c(C(C)C)cc(F)cc1C(C)C.[H-].[K+]. The second-order valence-corrected chi connectivity index (χ2v) is 10.8. The van der Waals surface area contributed by atoms with Gasteiger partial charge in [0, 0.05) is 0 Å². The second-order valence-electron chi connectivity index (χ2n) is 9.12. The molecular formula is C24H33FKNO4S. The van der Waals surface area contributed by atoms with Crippen molar-refractivity contribution in [1.29, 1.82) is 0 Å². The Morgan fingerprint density at radius 1 is 1.09 bits per heavy atom. The molecule has 0 spiro atoms. The van der Waals surface area contributed by atoms with Gasteiger partial charge in [-0.3, -0.25) is 4.79 Å². The molecule has 8 heteroatoms. The van der Waals surface area contributed by atoms with Gasteiger partial charge >= 0.3 is 51.4 Å². The summed E-state index contributed by atoms with van der Waals surface area (Å²) in [6.45, 7) is 12.5. The van der Waals surface area contributed by atoms with E-state index in [9.17, 15) is 22.7 Å². The fraction of sp³-hybridized carbons (Fsp3) is 0.458. The molecule has 172 valence electrons. The summed E-state index contributed by atoms with van der Waals surface area (Å²) < 4.78 is 42.0. The van der Waals surface area contributed by atoms with Crippen LogP contribution < -0.4 is 56.1 Å². The number of rotatable bonds is 7. The zero-order valence-corrected chi connectivity index (χ0v) is 24.1. The van der Waals surface area contributed by atoms with Crippen molar-refractivity contribution in [3.63, 3.8) is 0 Å². The van der Waals surface area contributed by atoms with Crippen molar-refractivity contribution in [3.05, 3.63) is 64.0 Å². The molecule has 0 atom stereocenters. The molecular weight excluding hydrogens is 456 g/mol. The van der Waals surface area contributed by atoms with Gasteiger partial charge in [0.15, 0.2) is 0 Å². The smallest absolute Gasteiger partial charge is 1.00 e. The van der Waals surface area contributed by atoms with Crippen LogP contribution in [0.15, 0.2) is 35.2 Å². The summed E-state index contributed by atoms with van der Waals surface area (Å²) in [5.74, 6) is -1.10. The molecule has 2 aromatic rings. The normalized spacial score (nSPS) is 12.1. The van der Waals surface area contributed by atoms with Crippen molar-refractivity contribution in [2.45, 2.75) is 77.2 Å². The van der Waals surface area contributed by atoms with Crippen molar-refractivity contribution < 1.29 is 75.5 Å². The fourth-order valence-corrected chi connectivity index (χ4v) is 4.86. The zero-order valence-electron chi connectivity index (χ0n) is 21.2. The van der Waals surface area contributed by atoms with Gasteiger partial charge in [0.05, 0.1) is 16.9 Å². The molecule has 0 aliphatic heterocycles. The van der Waals surface area contributed by atoms with Gasteiger partial charge in [-0.1, -0.05) is 39.8 Å². The molecule has 0 saturated heterocycles. The van der Waals surface area contributed by atoms with E-state index < -0.39 is 21.5 Å². The molecule has 0 heterocycles. The first-order valence-corrected chi connectivity index (χ1v) is 11.8. The van der Waals surface area contributed by atoms with Crippen LogP contribution in [0.5, 0.6) is 0 Å². The Morgan fingerprint density at radius 3 is 2.00 bits per heavy atom. The van der Waals surface area contributed by atoms with Crippen LogP contribution in [0, 0.1) is 12.7 Å². The topological polar surface area (TPSA) is 83.5 Å². The summed E-state index contributed by atoms with van der Waals surface area (Å²) in [5.41, 5.74) is 1.94. The molecule has 5 nitrogen and oxygen atoms in total. The quantitative estimate of drug-likeness (QED) is 0.581. The molecule has 0 fully saturated rings. The number of halogens is 1. The van der Waals surface area contributed by atoms with Crippen LogP contribution in [0.4, 0.5) is 4.39 Å². The first-order chi connectivity index (χ1) is 14.1. The maximum Gasteiger partial charge on any atom is 1.00 e. The van der Waals surface area contributed by atoms with Crippen molar-refractivity contribution in [1.82, 2.24) is 4.72 Å². The van der Waals surface area contributed by atoms with Gasteiger partial charge in [0.2, 0.25) is 5.91 Å². The summed E-state index contributed by atoms with van der Waals surface area (Å²) in [4.78, 5) is 12.7. The van der Waals surface area contributed by atoms with Gasteiger partial charge in [-0.15, -0.1) is 0 Å². The van der Waals surface area contributed by atoms with E-state index in [2.05, 4.69) is 4.72 Å². The Hall–Kier alpha value is -0.614. The van der Waals surface area contributed by atoms with E-state index in [1.165, 1.54) is 24.3 Å². The van der Waals surface area contributed by atoms with Crippen LogP contribution in [-0.4, -0.2) is 19.4 Å². The van der Waals surface area contributed by atoms with E-state index in [4.69, 9.17) is 0 Å². The van der Waals surface area contributed by atoms with E-state index >= 15 is 0 Å². The third-order valence-corrected chi connectivity index (χ3v) is 6.82. The molecule has 32 heavy (non-hydrogen) atoms. The Morgan fingerprint density at radius 2 is 1.59 bits per heavy atom. The molecule has 0 aromatic heterocycles. The van der Waals surface area contributed by atoms with E-state index in [-0.39, 0.29) is 81.8 Å². The molecule has 0 aliphatic rings. The van der Waals surface area contributed by atoms with Crippen LogP contribution in [0.1, 0.15) is 82.6 Å². The predicted molar refractivity (Wildman–Crippen MR) is 121 cm³/mol. The van der Waals surface area contributed by atoms with Gasteiger partial charge in [0.1, 0.15) is 5.82 Å². The minimum absolute atomic E-state index is 0. The van der Waals surface area contributed by atoms with Gasteiger partial charge in [0.25, 0.3) is 10.0 Å². The Labute approximate surface area is 235 Å². The molecule has 0 unspecified atom stereocenters. The molecule has 0 bridgehead atoms. The van der Waals surface area contributed by atoms with E-state index in [1.54, 1.807) is 26.8 Å². The minimum Gasteiger partial charge on any atom is -1.00 e. The molecule has 0 radical (unpaired) electrons. The van der Waals surface area contributed by atoms with E-state index in [0.717, 1.165) is 0 Å². The largest absolute Gasteiger partial charge is 1.00 e. The third kappa shape index (κ3) is 7.19. The van der Waals surface area contributed by atoms with Crippen molar-refractivity contribution in [2.24, 2.45) is 0 Å². The van der Waals surface area contributed by atoms with E-state index in [1.807, 2.05) is 27.7 Å². The van der Waals surface area contributed by atoms with Crippen LogP contribution >= 0.6 is 0 Å². The van der Waals surface area contributed by atoms with Crippen LogP contribution in [0.2, 0.25) is 0 Å². The van der Waals surface area contributed by atoms with Gasteiger partial charge < -0.3 is 6.53 Å². The maximum absolute atomic E-state index is 14.1. The number of aliphatic hydroxyl groups is 1. The summed E-state index contributed by atoms with van der Waals surface area (Å²) in [6.07, 6.45) is -0.165. The number of carbonyl (C=O) groups is 1. The van der Waals surface area contributed by atoms with Crippen LogP contribution in [-0.2, 0) is 26.8 Å². The Balaban J connectivity index is 0.00000512. The average molecular weight is 490 g/mol. The maximum atomic E-state index is 14.1. The van der Waals surface area contributed by atoms with Gasteiger partial charge in [-0.2, -0.15) is 0 Å². The number of aryl methyl sites for hydroxylation is 1. The summed E-state index contributed by atoms with van der Waals surface area (Å²) in [6, 6.07) is 7.32.